The average Bonchev–Trinajstić information content (AvgIpc) is 2.87. The van der Waals surface area contributed by atoms with Crippen molar-refractivity contribution in [3.05, 3.63) is 47.9 Å². The largest absolute Gasteiger partial charge is 0.373 e. The summed E-state index contributed by atoms with van der Waals surface area (Å²) in [7, 11) is 2.07. The van der Waals surface area contributed by atoms with Crippen molar-refractivity contribution in [2.75, 3.05) is 24.2 Å². The van der Waals surface area contributed by atoms with Crippen molar-refractivity contribution in [2.45, 2.75) is 13.3 Å². The van der Waals surface area contributed by atoms with E-state index in [2.05, 4.69) is 33.1 Å². The molecule has 0 atom stereocenters. The van der Waals surface area contributed by atoms with Gasteiger partial charge < -0.3 is 10.6 Å². The molecule has 0 amide bonds. The van der Waals surface area contributed by atoms with Crippen molar-refractivity contribution < 1.29 is 0 Å². The van der Waals surface area contributed by atoms with Gasteiger partial charge in [0.1, 0.15) is 0 Å². The predicted octanol–water partition coefficient (Wildman–Crippen LogP) is 1.69. The summed E-state index contributed by atoms with van der Waals surface area (Å²) in [6, 6.07) is 6.19. The number of aryl methyl sites for hydroxylation is 1. The van der Waals surface area contributed by atoms with Gasteiger partial charge in [-0.3, -0.25) is 4.98 Å². The molecule has 0 saturated carbocycles. The number of rotatable bonds is 4. The van der Waals surface area contributed by atoms with Gasteiger partial charge in [-0.05, 0) is 42.7 Å². The number of likely N-dealkylation sites (N-methyl/N-ethyl adjacent to an activating group) is 1. The highest BCUT2D eigenvalue weighted by atomic mass is 15.3. The summed E-state index contributed by atoms with van der Waals surface area (Å²) in [6.07, 6.45) is 6.57. The lowest BCUT2D eigenvalue weighted by Gasteiger charge is -2.19. The van der Waals surface area contributed by atoms with E-state index in [4.69, 9.17) is 5.73 Å². The Morgan fingerprint density at radius 1 is 1.29 bits per heavy atom. The first-order valence-electron chi connectivity index (χ1n) is 6.86. The minimum Gasteiger partial charge on any atom is -0.373 e. The van der Waals surface area contributed by atoms with Crippen LogP contribution in [0.4, 0.5) is 11.6 Å². The topological polar surface area (TPSA) is 72.3 Å². The van der Waals surface area contributed by atoms with Crippen LogP contribution in [0.2, 0.25) is 0 Å². The molecule has 2 N–H and O–H groups in total. The third-order valence-corrected chi connectivity index (χ3v) is 3.55. The lowest BCUT2D eigenvalue weighted by Crippen LogP contribution is -2.21. The van der Waals surface area contributed by atoms with Crippen molar-refractivity contribution in [3.63, 3.8) is 0 Å². The molecule has 108 valence electrons. The van der Waals surface area contributed by atoms with Crippen LogP contribution in [-0.4, -0.2) is 33.2 Å². The molecule has 3 aromatic rings. The van der Waals surface area contributed by atoms with E-state index in [1.54, 1.807) is 4.52 Å². The summed E-state index contributed by atoms with van der Waals surface area (Å²) in [5.74, 6) is 0.301. The summed E-state index contributed by atoms with van der Waals surface area (Å²) in [5.41, 5.74) is 9.90. The molecule has 3 rings (SSSR count). The molecule has 0 aliphatic carbocycles. The van der Waals surface area contributed by atoms with Gasteiger partial charge in [0.25, 0.3) is 0 Å². The van der Waals surface area contributed by atoms with Gasteiger partial charge in [0.05, 0.1) is 11.9 Å². The van der Waals surface area contributed by atoms with E-state index in [0.29, 0.717) is 5.95 Å². The maximum atomic E-state index is 5.66. The van der Waals surface area contributed by atoms with Crippen LogP contribution >= 0.6 is 0 Å². The Labute approximate surface area is 123 Å². The molecular weight excluding hydrogens is 264 g/mol. The van der Waals surface area contributed by atoms with Gasteiger partial charge in [-0.25, -0.2) is 4.52 Å². The number of anilines is 2. The summed E-state index contributed by atoms with van der Waals surface area (Å²) in [5, 5.41) is 4.18. The minimum absolute atomic E-state index is 0.301. The Balaban J connectivity index is 1.79. The van der Waals surface area contributed by atoms with Crippen molar-refractivity contribution in [3.8, 4) is 0 Å². The third-order valence-electron chi connectivity index (χ3n) is 3.55. The Bertz CT molecular complexity index is 749. The number of fused-ring (bicyclic) bond motifs is 1. The van der Waals surface area contributed by atoms with E-state index in [0.717, 1.165) is 29.9 Å². The van der Waals surface area contributed by atoms with Crippen LogP contribution in [-0.2, 0) is 6.42 Å². The molecule has 0 spiro atoms. The quantitative estimate of drug-likeness (QED) is 0.788. The molecule has 3 heterocycles. The van der Waals surface area contributed by atoms with Crippen LogP contribution in [0.5, 0.6) is 0 Å². The SMILES string of the molecule is Cc1cc(N(C)CCc2ccncc2)cn2nc(N)nc12. The predicted molar refractivity (Wildman–Crippen MR) is 83.3 cm³/mol. The highest BCUT2D eigenvalue weighted by molar-refractivity contribution is 5.57. The minimum atomic E-state index is 0.301. The molecule has 0 aromatic carbocycles. The maximum absolute atomic E-state index is 5.66. The fraction of sp³-hybridized carbons (Fsp3) is 0.267. The van der Waals surface area contributed by atoms with Gasteiger partial charge >= 0.3 is 0 Å². The molecule has 0 saturated heterocycles. The molecule has 6 nitrogen and oxygen atoms in total. The van der Waals surface area contributed by atoms with Crippen LogP contribution < -0.4 is 10.6 Å². The molecule has 21 heavy (non-hydrogen) atoms. The number of aromatic nitrogens is 4. The second-order valence-corrected chi connectivity index (χ2v) is 5.15. The molecule has 0 bridgehead atoms. The lowest BCUT2D eigenvalue weighted by atomic mass is 10.2. The summed E-state index contributed by atoms with van der Waals surface area (Å²) >= 11 is 0. The Morgan fingerprint density at radius 3 is 2.81 bits per heavy atom. The number of nitrogen functional groups attached to an aromatic ring is 1. The summed E-state index contributed by atoms with van der Waals surface area (Å²) < 4.78 is 1.74. The number of hydrogen-bond acceptors (Lipinski definition) is 5. The lowest BCUT2D eigenvalue weighted by molar-refractivity contribution is 0.860. The van der Waals surface area contributed by atoms with Gasteiger partial charge in [0.15, 0.2) is 5.65 Å². The van der Waals surface area contributed by atoms with E-state index < -0.39 is 0 Å². The first kappa shape index (κ1) is 13.4. The number of nitrogens with two attached hydrogens (primary N) is 1. The first-order valence-corrected chi connectivity index (χ1v) is 6.86. The Morgan fingerprint density at radius 2 is 2.05 bits per heavy atom. The van der Waals surface area contributed by atoms with Crippen molar-refractivity contribution >= 4 is 17.3 Å². The smallest absolute Gasteiger partial charge is 0.240 e. The fourth-order valence-corrected chi connectivity index (χ4v) is 2.33. The highest BCUT2D eigenvalue weighted by Crippen LogP contribution is 2.18. The van der Waals surface area contributed by atoms with Crippen molar-refractivity contribution in [1.82, 2.24) is 19.6 Å². The molecule has 3 aromatic heterocycles. The van der Waals surface area contributed by atoms with Crippen LogP contribution in [0, 0.1) is 6.92 Å². The summed E-state index contributed by atoms with van der Waals surface area (Å²) in [6.45, 7) is 2.93. The van der Waals surface area contributed by atoms with E-state index in [9.17, 15) is 0 Å². The molecule has 0 unspecified atom stereocenters. The third kappa shape index (κ3) is 2.79. The van der Waals surface area contributed by atoms with Crippen LogP contribution in [0.1, 0.15) is 11.1 Å². The number of pyridine rings is 2. The monoisotopic (exact) mass is 282 g/mol. The van der Waals surface area contributed by atoms with Crippen LogP contribution in [0.25, 0.3) is 5.65 Å². The van der Waals surface area contributed by atoms with Crippen LogP contribution in [0.15, 0.2) is 36.8 Å². The number of hydrogen-bond donors (Lipinski definition) is 1. The van der Waals surface area contributed by atoms with E-state index in [1.807, 2.05) is 37.6 Å². The molecule has 0 radical (unpaired) electrons. The zero-order valence-corrected chi connectivity index (χ0v) is 12.2. The van der Waals surface area contributed by atoms with Gasteiger partial charge in [-0.2, -0.15) is 4.98 Å². The molecular formula is C15H18N6. The second-order valence-electron chi connectivity index (χ2n) is 5.15. The van der Waals surface area contributed by atoms with Gasteiger partial charge in [0.2, 0.25) is 5.95 Å². The Hall–Kier alpha value is -2.63. The molecule has 0 aliphatic rings. The standard InChI is InChI=1S/C15H18N6/c1-11-9-13(10-21-14(11)18-15(16)19-21)20(2)8-5-12-3-6-17-7-4-12/h3-4,6-7,9-10H,5,8H2,1-2H3,(H2,16,19). The van der Waals surface area contributed by atoms with Gasteiger partial charge in [0, 0.05) is 26.0 Å². The van der Waals surface area contributed by atoms with Crippen molar-refractivity contribution in [1.29, 1.82) is 0 Å². The maximum Gasteiger partial charge on any atom is 0.240 e. The van der Waals surface area contributed by atoms with Crippen LogP contribution in [0.3, 0.4) is 0 Å². The Kier molecular flexibility index (Phi) is 3.43. The van der Waals surface area contributed by atoms with E-state index >= 15 is 0 Å². The molecule has 6 heteroatoms. The van der Waals surface area contributed by atoms with E-state index in [1.165, 1.54) is 5.56 Å². The first-order chi connectivity index (χ1) is 10.1. The summed E-state index contributed by atoms with van der Waals surface area (Å²) in [4.78, 5) is 10.4. The second kappa shape index (κ2) is 5.40. The zero-order valence-electron chi connectivity index (χ0n) is 12.2. The van der Waals surface area contributed by atoms with Gasteiger partial charge in [-0.1, -0.05) is 0 Å². The average molecular weight is 282 g/mol. The van der Waals surface area contributed by atoms with E-state index in [-0.39, 0.29) is 0 Å². The van der Waals surface area contributed by atoms with Gasteiger partial charge in [-0.15, -0.1) is 5.10 Å². The fourth-order valence-electron chi connectivity index (χ4n) is 2.33. The number of nitrogens with zero attached hydrogens (tertiary/aromatic N) is 5. The highest BCUT2D eigenvalue weighted by Gasteiger charge is 2.08. The zero-order chi connectivity index (χ0) is 14.8. The molecule has 0 fully saturated rings. The molecule has 0 aliphatic heterocycles. The van der Waals surface area contributed by atoms with Crippen molar-refractivity contribution in [2.24, 2.45) is 0 Å². The normalized spacial score (nSPS) is 11.0.